The molecule has 100 valence electrons. The maximum Gasteiger partial charge on any atom is 0.0639 e. The number of benzene rings is 1. The second-order valence-corrected chi connectivity index (χ2v) is 4.95. The first kappa shape index (κ1) is 13.6. The first-order valence-electron chi connectivity index (χ1n) is 6.30. The third-order valence-corrected chi connectivity index (χ3v) is 3.83. The van der Waals surface area contributed by atoms with Gasteiger partial charge >= 0.3 is 0 Å². The molecule has 0 aliphatic carbocycles. The molecule has 1 unspecified atom stereocenters. The van der Waals surface area contributed by atoms with E-state index < -0.39 is 0 Å². The van der Waals surface area contributed by atoms with E-state index >= 15 is 0 Å². The molecule has 0 bridgehead atoms. The van der Waals surface area contributed by atoms with Crippen molar-refractivity contribution < 1.29 is 5.11 Å². The maximum atomic E-state index is 9.25. The number of aliphatic hydroxyl groups excluding tert-OH is 1. The Balaban J connectivity index is 1.96. The summed E-state index contributed by atoms with van der Waals surface area (Å²) in [5, 5.41) is 10.0. The SMILES string of the molecule is NCC(CO)N1CCN(c2ccccc2Cl)CC1. The molecule has 0 amide bonds. The molecule has 1 fully saturated rings. The van der Waals surface area contributed by atoms with Gasteiger partial charge in [-0.2, -0.15) is 0 Å². The number of anilines is 1. The van der Waals surface area contributed by atoms with Gasteiger partial charge in [0, 0.05) is 38.8 Å². The average molecular weight is 270 g/mol. The van der Waals surface area contributed by atoms with Gasteiger partial charge in [-0.05, 0) is 12.1 Å². The lowest BCUT2D eigenvalue weighted by Gasteiger charge is -2.39. The summed E-state index contributed by atoms with van der Waals surface area (Å²) in [5.41, 5.74) is 6.74. The van der Waals surface area contributed by atoms with E-state index in [4.69, 9.17) is 17.3 Å². The first-order chi connectivity index (χ1) is 8.76. The van der Waals surface area contributed by atoms with Crippen LogP contribution in [-0.4, -0.2) is 55.4 Å². The molecule has 2 rings (SSSR count). The van der Waals surface area contributed by atoms with E-state index in [1.54, 1.807) is 0 Å². The van der Waals surface area contributed by atoms with Crippen molar-refractivity contribution in [2.24, 2.45) is 5.73 Å². The number of hydrogen-bond acceptors (Lipinski definition) is 4. The standard InChI is InChI=1S/C13H20ClN3O/c14-12-3-1-2-4-13(12)17-7-5-16(6-8-17)11(9-15)10-18/h1-4,11,18H,5-10,15H2. The third-order valence-electron chi connectivity index (χ3n) is 3.51. The van der Waals surface area contributed by atoms with E-state index in [1.165, 1.54) is 0 Å². The number of rotatable bonds is 4. The molecule has 1 aliphatic heterocycles. The van der Waals surface area contributed by atoms with E-state index in [-0.39, 0.29) is 12.6 Å². The van der Waals surface area contributed by atoms with Gasteiger partial charge in [0.2, 0.25) is 0 Å². The fourth-order valence-electron chi connectivity index (χ4n) is 2.38. The second kappa shape index (κ2) is 6.38. The first-order valence-corrected chi connectivity index (χ1v) is 6.68. The maximum absolute atomic E-state index is 9.25. The Bertz CT molecular complexity index is 376. The van der Waals surface area contributed by atoms with Crippen molar-refractivity contribution in [1.82, 2.24) is 4.90 Å². The number of aliphatic hydroxyl groups is 1. The van der Waals surface area contributed by atoms with Gasteiger partial charge in [0.05, 0.1) is 17.3 Å². The van der Waals surface area contributed by atoms with Crippen molar-refractivity contribution in [3.63, 3.8) is 0 Å². The smallest absolute Gasteiger partial charge is 0.0639 e. The Morgan fingerprint density at radius 2 is 1.89 bits per heavy atom. The topological polar surface area (TPSA) is 52.7 Å². The summed E-state index contributed by atoms with van der Waals surface area (Å²) in [7, 11) is 0. The number of halogens is 1. The van der Waals surface area contributed by atoms with Crippen molar-refractivity contribution in [2.45, 2.75) is 6.04 Å². The molecule has 4 nitrogen and oxygen atoms in total. The van der Waals surface area contributed by atoms with Crippen LogP contribution in [0.15, 0.2) is 24.3 Å². The number of piperazine rings is 1. The van der Waals surface area contributed by atoms with Crippen LogP contribution in [0.4, 0.5) is 5.69 Å². The fraction of sp³-hybridized carbons (Fsp3) is 0.538. The minimum absolute atomic E-state index is 0.0818. The van der Waals surface area contributed by atoms with Gasteiger partial charge in [0.1, 0.15) is 0 Å². The van der Waals surface area contributed by atoms with Gasteiger partial charge in [-0.25, -0.2) is 0 Å². The third kappa shape index (κ3) is 2.95. The number of nitrogens with zero attached hydrogens (tertiary/aromatic N) is 2. The zero-order valence-electron chi connectivity index (χ0n) is 10.4. The summed E-state index contributed by atoms with van der Waals surface area (Å²) in [6.45, 7) is 4.28. The van der Waals surface area contributed by atoms with E-state index in [0.717, 1.165) is 36.9 Å². The highest BCUT2D eigenvalue weighted by Gasteiger charge is 2.23. The van der Waals surface area contributed by atoms with Crippen LogP contribution in [0, 0.1) is 0 Å². The highest BCUT2D eigenvalue weighted by molar-refractivity contribution is 6.33. The van der Waals surface area contributed by atoms with Gasteiger partial charge in [-0.1, -0.05) is 23.7 Å². The largest absolute Gasteiger partial charge is 0.395 e. The Labute approximate surface area is 113 Å². The van der Waals surface area contributed by atoms with Crippen LogP contribution >= 0.6 is 11.6 Å². The lowest BCUT2D eigenvalue weighted by atomic mass is 10.2. The normalized spacial score (nSPS) is 18.9. The predicted molar refractivity (Wildman–Crippen MR) is 75.2 cm³/mol. The van der Waals surface area contributed by atoms with Crippen molar-refractivity contribution in [3.8, 4) is 0 Å². The summed E-state index contributed by atoms with van der Waals surface area (Å²) in [6.07, 6.45) is 0. The summed E-state index contributed by atoms with van der Waals surface area (Å²) in [6, 6.07) is 7.99. The van der Waals surface area contributed by atoms with E-state index in [0.29, 0.717) is 6.54 Å². The average Bonchev–Trinajstić information content (AvgIpc) is 2.42. The lowest BCUT2D eigenvalue weighted by Crippen LogP contribution is -2.53. The van der Waals surface area contributed by atoms with Crippen LogP contribution in [0.5, 0.6) is 0 Å². The Morgan fingerprint density at radius 1 is 1.22 bits per heavy atom. The zero-order chi connectivity index (χ0) is 13.0. The van der Waals surface area contributed by atoms with Crippen LogP contribution in [-0.2, 0) is 0 Å². The molecule has 1 atom stereocenters. The van der Waals surface area contributed by atoms with Crippen molar-refractivity contribution in [3.05, 3.63) is 29.3 Å². The van der Waals surface area contributed by atoms with Crippen molar-refractivity contribution in [1.29, 1.82) is 0 Å². The van der Waals surface area contributed by atoms with E-state index in [2.05, 4.69) is 9.80 Å². The predicted octanol–water partition coefficient (Wildman–Crippen LogP) is 0.782. The Kier molecular flexibility index (Phi) is 4.83. The van der Waals surface area contributed by atoms with Crippen LogP contribution in [0.3, 0.4) is 0 Å². The number of para-hydroxylation sites is 1. The quantitative estimate of drug-likeness (QED) is 0.848. The molecule has 1 aromatic rings. The minimum atomic E-state index is 0.0818. The molecule has 1 aliphatic rings. The van der Waals surface area contributed by atoms with Crippen molar-refractivity contribution in [2.75, 3.05) is 44.2 Å². The van der Waals surface area contributed by atoms with Crippen molar-refractivity contribution >= 4 is 17.3 Å². The molecule has 0 spiro atoms. The zero-order valence-corrected chi connectivity index (χ0v) is 11.2. The van der Waals surface area contributed by atoms with Crippen LogP contribution in [0.2, 0.25) is 5.02 Å². The van der Waals surface area contributed by atoms with Gasteiger partial charge in [0.15, 0.2) is 0 Å². The molecule has 1 heterocycles. The molecule has 0 radical (unpaired) electrons. The summed E-state index contributed by atoms with van der Waals surface area (Å²) in [5.74, 6) is 0. The van der Waals surface area contributed by atoms with E-state index in [1.807, 2.05) is 24.3 Å². The highest BCUT2D eigenvalue weighted by atomic mass is 35.5. The molecular formula is C13H20ClN3O. The number of hydrogen-bond donors (Lipinski definition) is 2. The van der Waals surface area contributed by atoms with E-state index in [9.17, 15) is 5.11 Å². The van der Waals surface area contributed by atoms with Gasteiger partial charge in [-0.3, -0.25) is 4.90 Å². The summed E-state index contributed by atoms with van der Waals surface area (Å²) >= 11 is 6.20. The monoisotopic (exact) mass is 269 g/mol. The van der Waals surface area contributed by atoms with Gasteiger partial charge in [0.25, 0.3) is 0 Å². The molecule has 0 saturated carbocycles. The molecule has 1 saturated heterocycles. The minimum Gasteiger partial charge on any atom is -0.395 e. The number of nitrogens with two attached hydrogens (primary N) is 1. The van der Waals surface area contributed by atoms with Crippen LogP contribution in [0.1, 0.15) is 0 Å². The molecule has 18 heavy (non-hydrogen) atoms. The molecular weight excluding hydrogens is 250 g/mol. The summed E-state index contributed by atoms with van der Waals surface area (Å²) < 4.78 is 0. The second-order valence-electron chi connectivity index (χ2n) is 4.55. The van der Waals surface area contributed by atoms with Crippen LogP contribution < -0.4 is 10.6 Å². The highest BCUT2D eigenvalue weighted by Crippen LogP contribution is 2.26. The molecule has 5 heteroatoms. The fourth-order valence-corrected chi connectivity index (χ4v) is 2.63. The summed E-state index contributed by atoms with van der Waals surface area (Å²) in [4.78, 5) is 4.52. The Morgan fingerprint density at radius 3 is 2.44 bits per heavy atom. The molecule has 3 N–H and O–H groups in total. The van der Waals surface area contributed by atoms with Gasteiger partial charge in [-0.15, -0.1) is 0 Å². The van der Waals surface area contributed by atoms with Crippen LogP contribution in [0.25, 0.3) is 0 Å². The molecule has 0 aromatic heterocycles. The Hall–Kier alpha value is -0.810. The molecule has 1 aromatic carbocycles. The van der Waals surface area contributed by atoms with Gasteiger partial charge < -0.3 is 15.7 Å². The lowest BCUT2D eigenvalue weighted by molar-refractivity contribution is 0.122.